The molecule has 1 rings (SSSR count). The summed E-state index contributed by atoms with van der Waals surface area (Å²) >= 11 is 3.93. The first-order valence-corrected chi connectivity index (χ1v) is 10.2. The average Bonchev–Trinajstić information content (AvgIpc) is 3.21. The molecule has 0 saturated carbocycles. The maximum atomic E-state index is 12.9. The second kappa shape index (κ2) is 12.2. The molecule has 30 heavy (non-hydrogen) atoms. The van der Waals surface area contributed by atoms with Crippen molar-refractivity contribution in [3.63, 3.8) is 0 Å². The molecule has 12 heteroatoms. The summed E-state index contributed by atoms with van der Waals surface area (Å²) in [6.07, 6.45) is 3.55. The quantitative estimate of drug-likeness (QED) is 0.199. The number of aliphatic carboxylic acids is 1. The molecule has 3 amide bonds. The number of carbonyl (C=O) groups is 4. The van der Waals surface area contributed by atoms with Crippen LogP contribution >= 0.6 is 12.6 Å². The Kier molecular flexibility index (Phi) is 10.3. The third-order valence-electron chi connectivity index (χ3n) is 4.62. The van der Waals surface area contributed by atoms with Gasteiger partial charge in [-0.15, -0.1) is 0 Å². The van der Waals surface area contributed by atoms with Gasteiger partial charge in [0.15, 0.2) is 0 Å². The van der Waals surface area contributed by atoms with E-state index >= 15 is 0 Å². The van der Waals surface area contributed by atoms with Crippen molar-refractivity contribution in [3.8, 4) is 0 Å². The highest BCUT2D eigenvalue weighted by atomic mass is 32.1. The molecule has 0 fully saturated rings. The van der Waals surface area contributed by atoms with E-state index in [-0.39, 0.29) is 18.1 Å². The maximum absolute atomic E-state index is 12.9. The number of H-pyrrole nitrogens is 1. The van der Waals surface area contributed by atoms with Crippen LogP contribution in [0.3, 0.4) is 0 Å². The van der Waals surface area contributed by atoms with Crippen LogP contribution in [-0.2, 0) is 25.6 Å². The summed E-state index contributed by atoms with van der Waals surface area (Å²) < 4.78 is 0. The van der Waals surface area contributed by atoms with Gasteiger partial charge in [0.05, 0.1) is 12.4 Å². The van der Waals surface area contributed by atoms with Crippen molar-refractivity contribution in [2.45, 2.75) is 57.8 Å². The van der Waals surface area contributed by atoms with Crippen molar-refractivity contribution in [3.05, 3.63) is 18.2 Å². The molecule has 0 aliphatic rings. The molecule has 168 valence electrons. The normalized spacial score (nSPS) is 15.9. The molecule has 1 aromatic heterocycles. The SMILES string of the molecule is CCC(C)C(NC(=O)C(C)N)C(=O)NC(Cc1cnc[nH]1)C(=O)NC(CS)C(=O)O. The molecule has 0 aliphatic heterocycles. The van der Waals surface area contributed by atoms with E-state index < -0.39 is 47.9 Å². The standard InChI is InChI=1S/C18H30N6O5S/c1-4-9(2)14(24-15(25)10(3)19)17(27)22-12(5-11-6-20-8-21-11)16(26)23-13(7-30)18(28)29/h6,8-10,12-14,30H,4-5,7,19H2,1-3H3,(H,20,21)(H,22,27)(H,23,26)(H,24,25)(H,28,29). The van der Waals surface area contributed by atoms with Crippen molar-refractivity contribution >= 4 is 36.3 Å². The lowest BCUT2D eigenvalue weighted by atomic mass is 9.97. The topological polar surface area (TPSA) is 179 Å². The van der Waals surface area contributed by atoms with E-state index in [2.05, 4.69) is 38.5 Å². The van der Waals surface area contributed by atoms with E-state index in [9.17, 15) is 19.2 Å². The molecule has 11 nitrogen and oxygen atoms in total. The van der Waals surface area contributed by atoms with Crippen LogP contribution in [0.4, 0.5) is 0 Å². The maximum Gasteiger partial charge on any atom is 0.327 e. The highest BCUT2D eigenvalue weighted by Crippen LogP contribution is 2.10. The molecule has 5 unspecified atom stereocenters. The van der Waals surface area contributed by atoms with Crippen LogP contribution in [-0.4, -0.2) is 68.7 Å². The largest absolute Gasteiger partial charge is 0.480 e. The number of nitrogens with zero attached hydrogens (tertiary/aromatic N) is 1. The molecule has 5 atom stereocenters. The number of carbonyl (C=O) groups excluding carboxylic acids is 3. The Balaban J connectivity index is 3.04. The Bertz CT molecular complexity index is 727. The van der Waals surface area contributed by atoms with Crippen LogP contribution in [0.1, 0.15) is 32.9 Å². The zero-order valence-corrected chi connectivity index (χ0v) is 18.1. The Morgan fingerprint density at radius 2 is 1.77 bits per heavy atom. The van der Waals surface area contributed by atoms with E-state index in [1.807, 2.05) is 6.92 Å². The number of aromatic nitrogens is 2. The number of rotatable bonds is 12. The Labute approximate surface area is 180 Å². The number of imidazole rings is 1. The van der Waals surface area contributed by atoms with Gasteiger partial charge in [-0.3, -0.25) is 14.4 Å². The number of hydrogen-bond donors (Lipinski definition) is 7. The molecular formula is C18H30N6O5S. The molecule has 0 bridgehead atoms. The van der Waals surface area contributed by atoms with Crippen molar-refractivity contribution in [2.24, 2.45) is 11.7 Å². The van der Waals surface area contributed by atoms with Crippen LogP contribution in [0, 0.1) is 5.92 Å². The van der Waals surface area contributed by atoms with Crippen LogP contribution < -0.4 is 21.7 Å². The second-order valence-electron chi connectivity index (χ2n) is 7.08. The summed E-state index contributed by atoms with van der Waals surface area (Å²) in [4.78, 5) is 55.6. The van der Waals surface area contributed by atoms with Gasteiger partial charge in [-0.1, -0.05) is 20.3 Å². The molecule has 0 aromatic carbocycles. The first-order chi connectivity index (χ1) is 14.1. The molecular weight excluding hydrogens is 412 g/mol. The summed E-state index contributed by atoms with van der Waals surface area (Å²) in [6, 6.07) is -4.03. The lowest BCUT2D eigenvalue weighted by Crippen LogP contribution is -2.59. The molecule has 0 radical (unpaired) electrons. The van der Waals surface area contributed by atoms with Gasteiger partial charge in [0, 0.05) is 24.1 Å². The van der Waals surface area contributed by atoms with Crippen LogP contribution in [0.25, 0.3) is 0 Å². The molecule has 0 saturated heterocycles. The number of nitrogens with two attached hydrogens (primary N) is 1. The number of carboxylic acid groups (broad SMARTS) is 1. The summed E-state index contributed by atoms with van der Waals surface area (Å²) in [5.74, 6) is -3.35. The Morgan fingerprint density at radius 1 is 1.13 bits per heavy atom. The van der Waals surface area contributed by atoms with Gasteiger partial charge >= 0.3 is 5.97 Å². The third kappa shape index (κ3) is 7.67. The molecule has 1 aromatic rings. The summed E-state index contributed by atoms with van der Waals surface area (Å²) in [7, 11) is 0. The second-order valence-corrected chi connectivity index (χ2v) is 7.45. The van der Waals surface area contributed by atoms with Crippen molar-refractivity contribution in [1.29, 1.82) is 0 Å². The minimum atomic E-state index is -1.24. The van der Waals surface area contributed by atoms with Gasteiger partial charge in [0.1, 0.15) is 18.1 Å². The van der Waals surface area contributed by atoms with Crippen molar-refractivity contribution < 1.29 is 24.3 Å². The summed E-state index contributed by atoms with van der Waals surface area (Å²) in [6.45, 7) is 5.15. The number of aromatic amines is 1. The van der Waals surface area contributed by atoms with Crippen molar-refractivity contribution in [2.75, 3.05) is 5.75 Å². The fourth-order valence-electron chi connectivity index (χ4n) is 2.53. The van der Waals surface area contributed by atoms with E-state index in [0.29, 0.717) is 12.1 Å². The Morgan fingerprint density at radius 3 is 2.23 bits per heavy atom. The number of hydrogen-bond acceptors (Lipinski definition) is 7. The van der Waals surface area contributed by atoms with E-state index in [4.69, 9.17) is 10.8 Å². The minimum Gasteiger partial charge on any atom is -0.480 e. The average molecular weight is 443 g/mol. The number of nitrogens with one attached hydrogen (secondary N) is 4. The Hall–Kier alpha value is -2.60. The predicted molar refractivity (Wildman–Crippen MR) is 113 cm³/mol. The molecule has 0 spiro atoms. The lowest BCUT2D eigenvalue weighted by Gasteiger charge is -2.27. The highest BCUT2D eigenvalue weighted by molar-refractivity contribution is 7.80. The molecule has 7 N–H and O–H groups in total. The monoisotopic (exact) mass is 442 g/mol. The zero-order chi connectivity index (χ0) is 22.8. The lowest BCUT2D eigenvalue weighted by molar-refractivity contribution is -0.141. The van der Waals surface area contributed by atoms with E-state index in [1.54, 1.807) is 6.92 Å². The zero-order valence-electron chi connectivity index (χ0n) is 17.2. The number of thiol groups is 1. The van der Waals surface area contributed by atoms with Crippen LogP contribution in [0.2, 0.25) is 0 Å². The van der Waals surface area contributed by atoms with Gasteiger partial charge < -0.3 is 31.8 Å². The third-order valence-corrected chi connectivity index (χ3v) is 4.98. The summed E-state index contributed by atoms with van der Waals surface area (Å²) in [5.41, 5.74) is 6.15. The van der Waals surface area contributed by atoms with Gasteiger partial charge in [-0.25, -0.2) is 9.78 Å². The van der Waals surface area contributed by atoms with E-state index in [0.717, 1.165) is 0 Å². The van der Waals surface area contributed by atoms with Gasteiger partial charge in [-0.2, -0.15) is 12.6 Å². The van der Waals surface area contributed by atoms with Crippen molar-refractivity contribution in [1.82, 2.24) is 25.9 Å². The first-order valence-electron chi connectivity index (χ1n) is 9.58. The number of amides is 3. The first kappa shape index (κ1) is 25.4. The van der Waals surface area contributed by atoms with E-state index in [1.165, 1.54) is 19.4 Å². The highest BCUT2D eigenvalue weighted by Gasteiger charge is 2.32. The smallest absolute Gasteiger partial charge is 0.327 e. The fraction of sp³-hybridized carbons (Fsp3) is 0.611. The van der Waals surface area contributed by atoms with Gasteiger partial charge in [-0.05, 0) is 12.8 Å². The molecule has 1 heterocycles. The van der Waals surface area contributed by atoms with Crippen LogP contribution in [0.15, 0.2) is 12.5 Å². The molecule has 0 aliphatic carbocycles. The van der Waals surface area contributed by atoms with Gasteiger partial charge in [0.25, 0.3) is 0 Å². The fourth-order valence-corrected chi connectivity index (χ4v) is 2.78. The van der Waals surface area contributed by atoms with Gasteiger partial charge in [0.2, 0.25) is 17.7 Å². The summed E-state index contributed by atoms with van der Waals surface area (Å²) in [5, 5.41) is 16.7. The minimum absolute atomic E-state index is 0.0466. The van der Waals surface area contributed by atoms with Crippen LogP contribution in [0.5, 0.6) is 0 Å². The number of carboxylic acids is 1. The predicted octanol–water partition coefficient (Wildman–Crippen LogP) is -1.19.